The smallest absolute Gasteiger partial charge is 0.327 e. The van der Waals surface area contributed by atoms with Gasteiger partial charge in [0.25, 0.3) is 0 Å². The standard InChI is InChI=1S/C20H17Cl3N2O2/c1-12-19(14-6-4-3-5-7-14)20(27-18(26)11-21)25(24-12)13(2)15-8-9-16(22)17(23)10-15/h3-10,13H,11H2,1-2H3. The van der Waals surface area contributed by atoms with E-state index in [2.05, 4.69) is 5.10 Å². The predicted octanol–water partition coefficient (Wildman–Crippen LogP) is 5.92. The van der Waals surface area contributed by atoms with Crippen molar-refractivity contribution in [1.82, 2.24) is 9.78 Å². The van der Waals surface area contributed by atoms with Gasteiger partial charge in [0.15, 0.2) is 0 Å². The van der Waals surface area contributed by atoms with Crippen LogP contribution >= 0.6 is 34.8 Å². The van der Waals surface area contributed by atoms with E-state index in [1.807, 2.05) is 50.2 Å². The van der Waals surface area contributed by atoms with Crippen LogP contribution in [0.4, 0.5) is 0 Å². The lowest BCUT2D eigenvalue weighted by molar-refractivity contribution is -0.132. The van der Waals surface area contributed by atoms with Crippen molar-refractivity contribution in [3.8, 4) is 17.0 Å². The number of rotatable bonds is 5. The fourth-order valence-corrected chi connectivity index (χ4v) is 3.23. The summed E-state index contributed by atoms with van der Waals surface area (Å²) < 4.78 is 7.24. The van der Waals surface area contributed by atoms with E-state index in [1.54, 1.807) is 16.8 Å². The second kappa shape index (κ2) is 8.34. The number of carbonyl (C=O) groups is 1. The monoisotopic (exact) mass is 422 g/mol. The molecule has 2 aromatic carbocycles. The fraction of sp³-hybridized carbons (Fsp3) is 0.200. The van der Waals surface area contributed by atoms with E-state index >= 15 is 0 Å². The van der Waals surface area contributed by atoms with E-state index in [9.17, 15) is 4.79 Å². The number of alkyl halides is 1. The first-order valence-electron chi connectivity index (χ1n) is 8.28. The molecule has 0 saturated carbocycles. The van der Waals surface area contributed by atoms with Gasteiger partial charge in [-0.2, -0.15) is 5.10 Å². The van der Waals surface area contributed by atoms with Crippen LogP contribution < -0.4 is 4.74 Å². The van der Waals surface area contributed by atoms with Crippen molar-refractivity contribution in [3.05, 3.63) is 69.8 Å². The molecule has 7 heteroatoms. The van der Waals surface area contributed by atoms with Crippen molar-refractivity contribution in [1.29, 1.82) is 0 Å². The highest BCUT2D eigenvalue weighted by Gasteiger charge is 2.24. The Bertz CT molecular complexity index is 971. The van der Waals surface area contributed by atoms with Gasteiger partial charge in [0, 0.05) is 0 Å². The zero-order valence-corrected chi connectivity index (χ0v) is 17.0. The lowest BCUT2D eigenvalue weighted by Crippen LogP contribution is -2.16. The third kappa shape index (κ3) is 4.13. The second-order valence-electron chi connectivity index (χ2n) is 6.03. The summed E-state index contributed by atoms with van der Waals surface area (Å²) in [6.07, 6.45) is 0. The maximum absolute atomic E-state index is 12.0. The molecule has 3 rings (SSSR count). The van der Waals surface area contributed by atoms with E-state index in [0.29, 0.717) is 15.9 Å². The Morgan fingerprint density at radius 1 is 1.15 bits per heavy atom. The molecule has 0 N–H and O–H groups in total. The Morgan fingerprint density at radius 2 is 1.85 bits per heavy atom. The van der Waals surface area contributed by atoms with Gasteiger partial charge in [-0.1, -0.05) is 59.6 Å². The Morgan fingerprint density at radius 3 is 2.48 bits per heavy atom. The molecule has 0 spiro atoms. The highest BCUT2D eigenvalue weighted by Crippen LogP contribution is 2.37. The molecule has 0 radical (unpaired) electrons. The van der Waals surface area contributed by atoms with Crippen LogP contribution in [0.2, 0.25) is 10.0 Å². The number of esters is 1. The molecule has 27 heavy (non-hydrogen) atoms. The normalized spacial score (nSPS) is 12.0. The van der Waals surface area contributed by atoms with Gasteiger partial charge in [-0.25, -0.2) is 4.68 Å². The molecular weight excluding hydrogens is 407 g/mol. The van der Waals surface area contributed by atoms with E-state index in [1.165, 1.54) is 0 Å². The zero-order valence-electron chi connectivity index (χ0n) is 14.7. The first-order valence-corrected chi connectivity index (χ1v) is 9.57. The number of aryl methyl sites for hydroxylation is 1. The molecule has 1 unspecified atom stereocenters. The SMILES string of the molecule is Cc1nn(C(C)c2ccc(Cl)c(Cl)c2)c(OC(=O)CCl)c1-c1ccccc1. The zero-order chi connectivity index (χ0) is 19.6. The molecule has 0 aliphatic carbocycles. The van der Waals surface area contributed by atoms with Gasteiger partial charge >= 0.3 is 5.97 Å². The summed E-state index contributed by atoms with van der Waals surface area (Å²) in [5, 5.41) is 5.55. The molecule has 0 saturated heterocycles. The Hall–Kier alpha value is -2.01. The first-order chi connectivity index (χ1) is 12.9. The molecule has 0 fully saturated rings. The van der Waals surface area contributed by atoms with E-state index in [0.717, 1.165) is 22.4 Å². The Kier molecular flexibility index (Phi) is 6.10. The summed E-state index contributed by atoms with van der Waals surface area (Å²) in [4.78, 5) is 12.0. The quantitative estimate of drug-likeness (QED) is 0.378. The number of carbonyl (C=O) groups excluding carboxylic acids is 1. The molecule has 1 heterocycles. The van der Waals surface area contributed by atoms with Crippen LogP contribution in [0.15, 0.2) is 48.5 Å². The van der Waals surface area contributed by atoms with Gasteiger partial charge in [0.05, 0.1) is 27.3 Å². The molecule has 1 aromatic heterocycles. The minimum atomic E-state index is -0.545. The number of aromatic nitrogens is 2. The number of nitrogens with zero attached hydrogens (tertiary/aromatic N) is 2. The summed E-state index contributed by atoms with van der Waals surface area (Å²) in [5.74, 6) is -0.446. The topological polar surface area (TPSA) is 44.1 Å². The summed E-state index contributed by atoms with van der Waals surface area (Å²) in [6, 6.07) is 14.8. The summed E-state index contributed by atoms with van der Waals surface area (Å²) in [6.45, 7) is 3.82. The fourth-order valence-electron chi connectivity index (χ4n) is 2.87. The molecule has 3 aromatic rings. The first kappa shape index (κ1) is 19.7. The minimum absolute atomic E-state index is 0.242. The van der Waals surface area contributed by atoms with E-state index in [4.69, 9.17) is 39.5 Å². The molecular formula is C20H17Cl3N2O2. The number of benzene rings is 2. The van der Waals surface area contributed by atoms with E-state index < -0.39 is 5.97 Å². The van der Waals surface area contributed by atoms with Gasteiger partial charge in [-0.05, 0) is 37.1 Å². The average molecular weight is 424 g/mol. The van der Waals surface area contributed by atoms with Gasteiger partial charge in [-0.3, -0.25) is 4.79 Å². The summed E-state index contributed by atoms with van der Waals surface area (Å²) in [5.41, 5.74) is 3.28. The maximum Gasteiger partial charge on any atom is 0.327 e. The van der Waals surface area contributed by atoms with Gasteiger partial charge in [0.1, 0.15) is 5.88 Å². The predicted molar refractivity (Wildman–Crippen MR) is 109 cm³/mol. The third-order valence-electron chi connectivity index (χ3n) is 4.22. The number of halogens is 3. The van der Waals surface area contributed by atoms with Crippen LogP contribution in [0.5, 0.6) is 5.88 Å². The third-order valence-corrected chi connectivity index (χ3v) is 5.17. The van der Waals surface area contributed by atoms with Gasteiger partial charge < -0.3 is 4.74 Å². The second-order valence-corrected chi connectivity index (χ2v) is 7.12. The van der Waals surface area contributed by atoms with Gasteiger partial charge in [0.2, 0.25) is 5.88 Å². The van der Waals surface area contributed by atoms with Crippen LogP contribution in [-0.2, 0) is 4.79 Å². The molecule has 0 aliphatic rings. The maximum atomic E-state index is 12.0. The lowest BCUT2D eigenvalue weighted by atomic mass is 10.1. The molecule has 1 atom stereocenters. The highest BCUT2D eigenvalue weighted by molar-refractivity contribution is 6.42. The summed E-state index contributed by atoms with van der Waals surface area (Å²) in [7, 11) is 0. The molecule has 140 valence electrons. The van der Waals surface area contributed by atoms with Crippen LogP contribution in [-0.4, -0.2) is 21.6 Å². The molecule has 0 aliphatic heterocycles. The van der Waals surface area contributed by atoms with Crippen molar-refractivity contribution in [2.75, 3.05) is 5.88 Å². The average Bonchev–Trinajstić information content (AvgIpc) is 2.99. The van der Waals surface area contributed by atoms with Crippen LogP contribution in [0.3, 0.4) is 0 Å². The minimum Gasteiger partial charge on any atom is -0.406 e. The number of hydrogen-bond donors (Lipinski definition) is 0. The highest BCUT2D eigenvalue weighted by atomic mass is 35.5. The molecule has 0 amide bonds. The van der Waals surface area contributed by atoms with Gasteiger partial charge in [-0.15, -0.1) is 11.6 Å². The summed E-state index contributed by atoms with van der Waals surface area (Å²) >= 11 is 17.8. The Labute approximate surface area is 172 Å². The van der Waals surface area contributed by atoms with E-state index in [-0.39, 0.29) is 11.9 Å². The molecule has 0 bridgehead atoms. The van der Waals surface area contributed by atoms with Crippen LogP contribution in [0, 0.1) is 6.92 Å². The van der Waals surface area contributed by atoms with Crippen molar-refractivity contribution >= 4 is 40.8 Å². The lowest BCUT2D eigenvalue weighted by Gasteiger charge is -2.17. The van der Waals surface area contributed by atoms with Crippen LogP contribution in [0.25, 0.3) is 11.1 Å². The molecule has 4 nitrogen and oxygen atoms in total. The van der Waals surface area contributed by atoms with Crippen molar-refractivity contribution in [3.63, 3.8) is 0 Å². The van der Waals surface area contributed by atoms with Crippen molar-refractivity contribution in [2.24, 2.45) is 0 Å². The largest absolute Gasteiger partial charge is 0.406 e. The number of hydrogen-bond acceptors (Lipinski definition) is 3. The number of ether oxygens (including phenoxy) is 1. The Balaban J connectivity index is 2.14. The van der Waals surface area contributed by atoms with Crippen LogP contribution in [0.1, 0.15) is 24.2 Å². The van der Waals surface area contributed by atoms with Crippen molar-refractivity contribution < 1.29 is 9.53 Å². The van der Waals surface area contributed by atoms with Crippen molar-refractivity contribution in [2.45, 2.75) is 19.9 Å².